The minimum atomic E-state index is -0.556. The van der Waals surface area contributed by atoms with Crippen molar-refractivity contribution in [3.05, 3.63) is 72.0 Å². The molecule has 2 aromatic carbocycles. The molecule has 0 unspecified atom stereocenters. The van der Waals surface area contributed by atoms with E-state index in [4.69, 9.17) is 14.6 Å². The first-order chi connectivity index (χ1) is 13.7. The molecule has 148 valence electrons. The Labute approximate surface area is 164 Å². The van der Waals surface area contributed by atoms with Crippen LogP contribution < -0.4 is 5.32 Å². The number of aromatic hydroxyl groups is 1. The SMILES string of the molecule is O=C(Nc1ccccc1O)C1=C[C@@H](c2ccccc2)C[C@@H](OCCCCO)O1. The summed E-state index contributed by atoms with van der Waals surface area (Å²) in [6.45, 7) is 0.566. The smallest absolute Gasteiger partial charge is 0.290 e. The van der Waals surface area contributed by atoms with Crippen molar-refractivity contribution >= 4 is 11.6 Å². The van der Waals surface area contributed by atoms with Crippen LogP contribution in [0.2, 0.25) is 0 Å². The number of hydrogen-bond acceptors (Lipinski definition) is 5. The number of carbonyl (C=O) groups excluding carboxylic acids is 1. The van der Waals surface area contributed by atoms with E-state index in [-0.39, 0.29) is 24.0 Å². The molecule has 6 heteroatoms. The van der Waals surface area contributed by atoms with Crippen molar-refractivity contribution in [3.63, 3.8) is 0 Å². The fourth-order valence-corrected chi connectivity index (χ4v) is 3.04. The number of aliphatic hydroxyl groups is 1. The van der Waals surface area contributed by atoms with Gasteiger partial charge in [-0.15, -0.1) is 0 Å². The van der Waals surface area contributed by atoms with Crippen LogP contribution in [-0.4, -0.2) is 35.6 Å². The number of phenolic OH excluding ortho intramolecular Hbond substituents is 1. The summed E-state index contributed by atoms with van der Waals surface area (Å²) in [6, 6.07) is 16.4. The molecule has 3 N–H and O–H groups in total. The van der Waals surface area contributed by atoms with E-state index < -0.39 is 12.2 Å². The molecular formula is C22H25NO5. The molecule has 3 rings (SSSR count). The summed E-state index contributed by atoms with van der Waals surface area (Å²) in [6.07, 6.45) is 3.20. The van der Waals surface area contributed by atoms with Crippen molar-refractivity contribution in [2.45, 2.75) is 31.5 Å². The highest BCUT2D eigenvalue weighted by molar-refractivity contribution is 6.03. The summed E-state index contributed by atoms with van der Waals surface area (Å²) in [7, 11) is 0. The maximum Gasteiger partial charge on any atom is 0.290 e. The molecule has 1 aliphatic heterocycles. The number of nitrogens with one attached hydrogen (secondary N) is 1. The number of allylic oxidation sites excluding steroid dienone is 1. The Kier molecular flexibility index (Phi) is 7.06. The van der Waals surface area contributed by atoms with Crippen molar-refractivity contribution in [2.75, 3.05) is 18.5 Å². The molecule has 6 nitrogen and oxygen atoms in total. The summed E-state index contributed by atoms with van der Waals surface area (Å²) < 4.78 is 11.6. The van der Waals surface area contributed by atoms with Crippen molar-refractivity contribution in [3.8, 4) is 5.75 Å². The number of rotatable bonds is 8. The second-order valence-electron chi connectivity index (χ2n) is 6.60. The zero-order chi connectivity index (χ0) is 19.8. The molecule has 2 atom stereocenters. The second kappa shape index (κ2) is 9.92. The maximum atomic E-state index is 12.7. The highest BCUT2D eigenvalue weighted by Gasteiger charge is 2.29. The van der Waals surface area contributed by atoms with Gasteiger partial charge in [-0.05, 0) is 36.6 Å². The average Bonchev–Trinajstić information content (AvgIpc) is 2.73. The topological polar surface area (TPSA) is 88.0 Å². The lowest BCUT2D eigenvalue weighted by molar-refractivity contribution is -0.143. The van der Waals surface area contributed by atoms with Crippen LogP contribution in [0.15, 0.2) is 66.4 Å². The van der Waals surface area contributed by atoms with E-state index in [2.05, 4.69) is 5.32 Å². The number of para-hydroxylation sites is 2. The van der Waals surface area contributed by atoms with Gasteiger partial charge in [-0.25, -0.2) is 0 Å². The third-order valence-corrected chi connectivity index (χ3v) is 4.52. The van der Waals surface area contributed by atoms with Crippen LogP contribution in [0.4, 0.5) is 5.69 Å². The van der Waals surface area contributed by atoms with Gasteiger partial charge in [-0.1, -0.05) is 42.5 Å². The van der Waals surface area contributed by atoms with Crippen LogP contribution in [0.1, 0.15) is 30.7 Å². The highest BCUT2D eigenvalue weighted by atomic mass is 16.7. The van der Waals surface area contributed by atoms with E-state index in [1.165, 1.54) is 6.07 Å². The summed E-state index contributed by atoms with van der Waals surface area (Å²) >= 11 is 0. The number of phenols is 1. The summed E-state index contributed by atoms with van der Waals surface area (Å²) in [5.41, 5.74) is 1.39. The molecule has 1 aliphatic rings. The first kappa shape index (κ1) is 19.9. The zero-order valence-corrected chi connectivity index (χ0v) is 15.6. The molecule has 28 heavy (non-hydrogen) atoms. The predicted octanol–water partition coefficient (Wildman–Crippen LogP) is 3.53. The van der Waals surface area contributed by atoms with Gasteiger partial charge < -0.3 is 25.0 Å². The Bertz CT molecular complexity index is 806. The molecule has 0 spiro atoms. The van der Waals surface area contributed by atoms with Gasteiger partial charge in [-0.2, -0.15) is 0 Å². The lowest BCUT2D eigenvalue weighted by atomic mass is 9.93. The minimum absolute atomic E-state index is 0.0105. The van der Waals surface area contributed by atoms with Crippen molar-refractivity contribution < 1.29 is 24.5 Å². The van der Waals surface area contributed by atoms with Gasteiger partial charge in [0.1, 0.15) is 5.75 Å². The monoisotopic (exact) mass is 383 g/mol. The van der Waals surface area contributed by atoms with E-state index >= 15 is 0 Å². The van der Waals surface area contributed by atoms with Gasteiger partial charge >= 0.3 is 0 Å². The average molecular weight is 383 g/mol. The van der Waals surface area contributed by atoms with Gasteiger partial charge in [0.15, 0.2) is 5.76 Å². The van der Waals surface area contributed by atoms with E-state index in [9.17, 15) is 9.90 Å². The molecule has 0 saturated heterocycles. The largest absolute Gasteiger partial charge is 0.506 e. The van der Waals surface area contributed by atoms with Crippen molar-refractivity contribution in [2.24, 2.45) is 0 Å². The molecule has 0 aliphatic carbocycles. The third-order valence-electron chi connectivity index (χ3n) is 4.52. The minimum Gasteiger partial charge on any atom is -0.506 e. The normalized spacial score (nSPS) is 18.8. The molecule has 0 radical (unpaired) electrons. The van der Waals surface area contributed by atoms with Crippen LogP contribution in [0.5, 0.6) is 5.75 Å². The molecule has 2 aromatic rings. The van der Waals surface area contributed by atoms with Gasteiger partial charge in [-0.3, -0.25) is 4.79 Å². The Hall–Kier alpha value is -2.83. The van der Waals surface area contributed by atoms with Crippen molar-refractivity contribution in [1.29, 1.82) is 0 Å². The Morgan fingerprint density at radius 2 is 1.86 bits per heavy atom. The summed E-state index contributed by atoms with van der Waals surface area (Å²) in [4.78, 5) is 12.7. The van der Waals surface area contributed by atoms with Crippen molar-refractivity contribution in [1.82, 2.24) is 0 Å². The van der Waals surface area contributed by atoms with Gasteiger partial charge in [0, 0.05) is 18.9 Å². The third kappa shape index (κ3) is 5.34. The molecule has 0 aromatic heterocycles. The number of benzene rings is 2. The highest BCUT2D eigenvalue weighted by Crippen LogP contribution is 2.32. The fraction of sp³-hybridized carbons (Fsp3) is 0.318. The quantitative estimate of drug-likeness (QED) is 0.479. The van der Waals surface area contributed by atoms with Crippen LogP contribution >= 0.6 is 0 Å². The predicted molar refractivity (Wildman–Crippen MR) is 106 cm³/mol. The summed E-state index contributed by atoms with van der Waals surface area (Å²) in [5.74, 6) is -0.312. The number of amides is 1. The standard InChI is InChI=1S/C22H25NO5/c24-12-6-7-13-27-21-15-17(16-8-2-1-3-9-16)14-20(28-21)22(26)23-18-10-4-5-11-19(18)25/h1-5,8-11,14,17,21,24-25H,6-7,12-13,15H2,(H,23,26)/t17-,21+/m1/s1. The molecule has 1 amide bonds. The van der Waals surface area contributed by atoms with Crippen LogP contribution in [0.3, 0.4) is 0 Å². The van der Waals surface area contributed by atoms with Crippen LogP contribution in [0, 0.1) is 0 Å². The molecule has 0 saturated carbocycles. The van der Waals surface area contributed by atoms with E-state index in [1.54, 1.807) is 24.3 Å². The Morgan fingerprint density at radius 1 is 1.11 bits per heavy atom. The first-order valence-electron chi connectivity index (χ1n) is 9.42. The van der Waals surface area contributed by atoms with Gasteiger partial charge in [0.25, 0.3) is 5.91 Å². The second-order valence-corrected chi connectivity index (χ2v) is 6.60. The lowest BCUT2D eigenvalue weighted by Gasteiger charge is -2.29. The van der Waals surface area contributed by atoms with Gasteiger partial charge in [0.2, 0.25) is 6.29 Å². The van der Waals surface area contributed by atoms with Gasteiger partial charge in [0.05, 0.1) is 12.3 Å². The Morgan fingerprint density at radius 3 is 2.61 bits per heavy atom. The number of hydrogen-bond donors (Lipinski definition) is 3. The van der Waals surface area contributed by atoms with Crippen LogP contribution in [-0.2, 0) is 14.3 Å². The lowest BCUT2D eigenvalue weighted by Crippen LogP contribution is -2.29. The molecule has 1 heterocycles. The maximum absolute atomic E-state index is 12.7. The Balaban J connectivity index is 1.75. The molecule has 0 fully saturated rings. The van der Waals surface area contributed by atoms with E-state index in [1.807, 2.05) is 30.3 Å². The zero-order valence-electron chi connectivity index (χ0n) is 15.6. The number of unbranched alkanes of at least 4 members (excludes halogenated alkanes) is 1. The number of anilines is 1. The number of ether oxygens (including phenoxy) is 2. The number of carbonyl (C=O) groups is 1. The molecular weight excluding hydrogens is 358 g/mol. The van der Waals surface area contributed by atoms with Crippen LogP contribution in [0.25, 0.3) is 0 Å². The van der Waals surface area contributed by atoms with E-state index in [0.29, 0.717) is 25.1 Å². The summed E-state index contributed by atoms with van der Waals surface area (Å²) in [5, 5.41) is 21.5. The number of aliphatic hydroxyl groups excluding tert-OH is 1. The molecule has 0 bridgehead atoms. The fourth-order valence-electron chi connectivity index (χ4n) is 3.04. The van der Waals surface area contributed by atoms with E-state index in [0.717, 1.165) is 12.0 Å². The first-order valence-corrected chi connectivity index (χ1v) is 9.42.